The van der Waals surface area contributed by atoms with Gasteiger partial charge in [-0.05, 0) is 23.6 Å². The van der Waals surface area contributed by atoms with Crippen molar-refractivity contribution in [2.24, 2.45) is 0 Å². The monoisotopic (exact) mass is 326 g/mol. The highest BCUT2D eigenvalue weighted by Gasteiger charge is 2.21. The fraction of sp³-hybridized carbons (Fsp3) is 0.333. The van der Waals surface area contributed by atoms with E-state index in [1.165, 1.54) is 6.07 Å². The van der Waals surface area contributed by atoms with Crippen molar-refractivity contribution in [1.82, 2.24) is 10.2 Å². The number of methoxy groups -OCH3 is 1. The average Bonchev–Trinajstić information content (AvgIpc) is 2.42. The van der Waals surface area contributed by atoms with Crippen LogP contribution in [-0.2, 0) is 5.41 Å². The van der Waals surface area contributed by atoms with Crippen LogP contribution in [-0.4, -0.2) is 17.3 Å². The van der Waals surface area contributed by atoms with Crippen LogP contribution in [0.5, 0.6) is 17.2 Å². The van der Waals surface area contributed by atoms with Crippen LogP contribution in [0, 0.1) is 0 Å². The first-order chi connectivity index (χ1) is 9.81. The zero-order chi connectivity index (χ0) is 15.6. The summed E-state index contributed by atoms with van der Waals surface area (Å²) in [4.78, 5) is 0. The van der Waals surface area contributed by atoms with Gasteiger partial charge in [0, 0.05) is 11.6 Å². The Balaban J connectivity index is 2.46. The van der Waals surface area contributed by atoms with E-state index in [0.29, 0.717) is 11.5 Å². The molecule has 112 valence electrons. The summed E-state index contributed by atoms with van der Waals surface area (Å²) >= 11 is 11.8. The van der Waals surface area contributed by atoms with Gasteiger partial charge in [0.25, 0.3) is 0 Å². The molecule has 0 unspecified atom stereocenters. The van der Waals surface area contributed by atoms with E-state index in [2.05, 4.69) is 31.0 Å². The third-order valence-corrected chi connectivity index (χ3v) is 3.35. The minimum atomic E-state index is -0.124. The molecule has 0 atom stereocenters. The van der Waals surface area contributed by atoms with E-state index in [1.807, 2.05) is 18.2 Å². The minimum Gasteiger partial charge on any atom is -0.497 e. The summed E-state index contributed by atoms with van der Waals surface area (Å²) in [5.41, 5.74) is 0.867. The molecule has 1 heterocycles. The van der Waals surface area contributed by atoms with Crippen LogP contribution in [0.25, 0.3) is 0 Å². The smallest absolute Gasteiger partial charge is 0.194 e. The number of nitrogens with zero attached hydrogens (tertiary/aromatic N) is 2. The van der Waals surface area contributed by atoms with Gasteiger partial charge < -0.3 is 9.47 Å². The number of halogens is 2. The molecule has 0 amide bonds. The molecule has 0 spiro atoms. The molecule has 0 radical (unpaired) electrons. The molecule has 21 heavy (non-hydrogen) atoms. The van der Waals surface area contributed by atoms with E-state index in [9.17, 15) is 0 Å². The number of ether oxygens (including phenoxy) is 2. The molecular formula is C15H16Cl2N2O2. The van der Waals surface area contributed by atoms with Crippen molar-refractivity contribution in [3.63, 3.8) is 0 Å². The van der Waals surface area contributed by atoms with Gasteiger partial charge in [-0.1, -0.05) is 44.0 Å². The Morgan fingerprint density at radius 2 is 1.71 bits per heavy atom. The van der Waals surface area contributed by atoms with E-state index in [0.717, 1.165) is 11.3 Å². The number of benzene rings is 1. The Morgan fingerprint density at radius 3 is 2.33 bits per heavy atom. The fourth-order valence-electron chi connectivity index (χ4n) is 1.84. The third-order valence-electron chi connectivity index (χ3n) is 2.90. The summed E-state index contributed by atoms with van der Waals surface area (Å²) in [6.07, 6.45) is 0. The van der Waals surface area contributed by atoms with Gasteiger partial charge in [0.1, 0.15) is 11.5 Å². The van der Waals surface area contributed by atoms with Gasteiger partial charge in [-0.3, -0.25) is 0 Å². The van der Waals surface area contributed by atoms with Gasteiger partial charge in [-0.25, -0.2) is 0 Å². The quantitative estimate of drug-likeness (QED) is 0.806. The molecule has 2 aromatic rings. The summed E-state index contributed by atoms with van der Waals surface area (Å²) in [5, 5.41) is 7.78. The lowest BCUT2D eigenvalue weighted by Gasteiger charge is -2.23. The standard InChI is InChI=1S/C15H16Cl2N2O2/c1-15(2,3)10-7-9(20-4)5-6-11(10)21-12-8-13(16)18-19-14(12)17/h5-8H,1-4H3. The molecule has 1 aromatic carbocycles. The number of hydrogen-bond donors (Lipinski definition) is 0. The number of hydrogen-bond acceptors (Lipinski definition) is 4. The Labute approximate surface area is 134 Å². The fourth-order valence-corrected chi connectivity index (χ4v) is 2.11. The second-order valence-electron chi connectivity index (χ2n) is 5.54. The summed E-state index contributed by atoms with van der Waals surface area (Å²) in [7, 11) is 1.63. The third kappa shape index (κ3) is 3.77. The molecule has 0 N–H and O–H groups in total. The molecule has 1 aromatic heterocycles. The first kappa shape index (κ1) is 15.9. The Morgan fingerprint density at radius 1 is 1.00 bits per heavy atom. The van der Waals surface area contributed by atoms with Crippen molar-refractivity contribution < 1.29 is 9.47 Å². The molecule has 0 saturated heterocycles. The van der Waals surface area contributed by atoms with Crippen molar-refractivity contribution in [1.29, 1.82) is 0 Å². The van der Waals surface area contributed by atoms with Gasteiger partial charge in [0.15, 0.2) is 16.1 Å². The van der Waals surface area contributed by atoms with Gasteiger partial charge in [0.2, 0.25) is 0 Å². The highest BCUT2D eigenvalue weighted by atomic mass is 35.5. The lowest BCUT2D eigenvalue weighted by molar-refractivity contribution is 0.407. The molecular weight excluding hydrogens is 311 g/mol. The minimum absolute atomic E-state index is 0.124. The van der Waals surface area contributed by atoms with Gasteiger partial charge in [-0.2, -0.15) is 0 Å². The van der Waals surface area contributed by atoms with Crippen LogP contribution in [0.2, 0.25) is 10.3 Å². The second kappa shape index (κ2) is 6.08. The van der Waals surface area contributed by atoms with E-state index >= 15 is 0 Å². The summed E-state index contributed by atoms with van der Waals surface area (Å²) < 4.78 is 11.1. The maximum Gasteiger partial charge on any atom is 0.194 e. The molecule has 0 bridgehead atoms. The summed E-state index contributed by atoms with van der Waals surface area (Å²) in [5.74, 6) is 1.81. The van der Waals surface area contributed by atoms with Crippen molar-refractivity contribution in [2.75, 3.05) is 7.11 Å². The predicted molar refractivity (Wildman–Crippen MR) is 83.8 cm³/mol. The van der Waals surface area contributed by atoms with Crippen molar-refractivity contribution in [3.05, 3.63) is 40.1 Å². The van der Waals surface area contributed by atoms with E-state index in [4.69, 9.17) is 32.7 Å². The zero-order valence-corrected chi connectivity index (χ0v) is 13.8. The topological polar surface area (TPSA) is 44.2 Å². The van der Waals surface area contributed by atoms with Crippen LogP contribution in [0.15, 0.2) is 24.3 Å². The SMILES string of the molecule is COc1ccc(Oc2cc(Cl)nnc2Cl)c(C(C)(C)C)c1. The van der Waals surface area contributed by atoms with Crippen LogP contribution < -0.4 is 9.47 Å². The van der Waals surface area contributed by atoms with E-state index < -0.39 is 0 Å². The molecule has 4 nitrogen and oxygen atoms in total. The first-order valence-electron chi connectivity index (χ1n) is 6.36. The number of rotatable bonds is 3. The zero-order valence-electron chi connectivity index (χ0n) is 12.3. The summed E-state index contributed by atoms with van der Waals surface area (Å²) in [6, 6.07) is 7.14. The maximum atomic E-state index is 5.99. The largest absolute Gasteiger partial charge is 0.497 e. The van der Waals surface area contributed by atoms with Crippen LogP contribution in [0.3, 0.4) is 0 Å². The maximum absolute atomic E-state index is 5.99. The first-order valence-corrected chi connectivity index (χ1v) is 7.12. The molecule has 0 aliphatic carbocycles. The van der Waals surface area contributed by atoms with Crippen molar-refractivity contribution >= 4 is 23.2 Å². The lowest BCUT2D eigenvalue weighted by Crippen LogP contribution is -2.13. The van der Waals surface area contributed by atoms with Crippen LogP contribution in [0.4, 0.5) is 0 Å². The number of aromatic nitrogens is 2. The van der Waals surface area contributed by atoms with Crippen molar-refractivity contribution in [2.45, 2.75) is 26.2 Å². The highest BCUT2D eigenvalue weighted by Crippen LogP contribution is 2.38. The predicted octanol–water partition coefficient (Wildman–Crippen LogP) is 4.88. The molecule has 0 fully saturated rings. The Bertz CT molecular complexity index is 655. The van der Waals surface area contributed by atoms with E-state index in [1.54, 1.807) is 7.11 Å². The average molecular weight is 327 g/mol. The molecule has 0 aliphatic rings. The van der Waals surface area contributed by atoms with E-state index in [-0.39, 0.29) is 15.7 Å². The normalized spacial score (nSPS) is 11.3. The van der Waals surface area contributed by atoms with Crippen LogP contribution in [0.1, 0.15) is 26.3 Å². The molecule has 0 aliphatic heterocycles. The van der Waals surface area contributed by atoms with Gasteiger partial charge in [-0.15, -0.1) is 10.2 Å². The molecule has 6 heteroatoms. The summed E-state index contributed by atoms with van der Waals surface area (Å²) in [6.45, 7) is 6.27. The van der Waals surface area contributed by atoms with Crippen molar-refractivity contribution in [3.8, 4) is 17.2 Å². The molecule has 2 rings (SSSR count). The highest BCUT2D eigenvalue weighted by molar-refractivity contribution is 6.32. The Hall–Kier alpha value is -1.52. The molecule has 0 saturated carbocycles. The second-order valence-corrected chi connectivity index (χ2v) is 6.28. The Kier molecular flexibility index (Phi) is 4.59. The lowest BCUT2D eigenvalue weighted by atomic mass is 9.86. The van der Waals surface area contributed by atoms with Crippen LogP contribution >= 0.6 is 23.2 Å². The van der Waals surface area contributed by atoms with Gasteiger partial charge in [0.05, 0.1) is 7.11 Å². The van der Waals surface area contributed by atoms with Gasteiger partial charge >= 0.3 is 0 Å².